The monoisotopic (exact) mass is 476 g/mol. The molecule has 0 radical (unpaired) electrons. The smallest absolute Gasteiger partial charge is 0.328 e. The predicted octanol–water partition coefficient (Wildman–Crippen LogP) is 4.99. The number of esters is 1. The van der Waals surface area contributed by atoms with Gasteiger partial charge in [0.15, 0.2) is 5.13 Å². The van der Waals surface area contributed by atoms with Gasteiger partial charge in [-0.1, -0.05) is 30.2 Å². The topological polar surface area (TPSA) is 101 Å². The molecule has 0 spiro atoms. The molecule has 2 aromatic rings. The minimum atomic E-state index is -0.279. The van der Waals surface area contributed by atoms with Gasteiger partial charge in [0.05, 0.1) is 22.8 Å². The number of aromatic nitrogens is 1. The van der Waals surface area contributed by atoms with Gasteiger partial charge in [0.25, 0.3) is 0 Å². The van der Waals surface area contributed by atoms with Crippen molar-refractivity contribution in [3.63, 3.8) is 0 Å². The number of amides is 3. The molecule has 32 heavy (non-hydrogen) atoms. The van der Waals surface area contributed by atoms with Crippen LogP contribution in [0.25, 0.3) is 0 Å². The van der Waals surface area contributed by atoms with E-state index in [0.29, 0.717) is 35.6 Å². The van der Waals surface area contributed by atoms with Gasteiger partial charge in [-0.05, 0) is 43.9 Å². The third-order valence-corrected chi connectivity index (χ3v) is 7.06. The zero-order chi connectivity index (χ0) is 22.9. The van der Waals surface area contributed by atoms with E-state index in [1.165, 1.54) is 42.9 Å². The number of hydrogen-bond donors (Lipinski definition) is 2. The number of urea groups is 1. The lowest BCUT2D eigenvalue weighted by atomic mass is 10.1. The highest BCUT2D eigenvalue weighted by molar-refractivity contribution is 8.01. The standard InChI is InChI=1S/C22H28N4O4S2/c1-3-30-19(28)14-31-20-12-23-21(32-20)25-22(29)26(13-16-7-4-5-8-16)18-10-6-9-17(11-18)24-15(2)27/h6,9-12,16H,3-5,7-8,13-14H2,1-2H3,(H,24,27)(H,23,25,29). The summed E-state index contributed by atoms with van der Waals surface area (Å²) >= 11 is 2.65. The summed E-state index contributed by atoms with van der Waals surface area (Å²) in [5.41, 5.74) is 1.36. The Morgan fingerprint density at radius 2 is 2.03 bits per heavy atom. The Morgan fingerprint density at radius 3 is 2.75 bits per heavy atom. The number of benzene rings is 1. The molecule has 1 fully saturated rings. The number of thiazole rings is 1. The van der Waals surface area contributed by atoms with Crippen LogP contribution >= 0.6 is 23.1 Å². The number of carbonyl (C=O) groups excluding carboxylic acids is 3. The average Bonchev–Trinajstić information content (AvgIpc) is 3.42. The summed E-state index contributed by atoms with van der Waals surface area (Å²) in [5, 5.41) is 6.12. The molecule has 10 heteroatoms. The molecule has 1 saturated carbocycles. The van der Waals surface area contributed by atoms with Crippen molar-refractivity contribution in [2.75, 3.05) is 34.4 Å². The maximum Gasteiger partial charge on any atom is 0.328 e. The van der Waals surface area contributed by atoms with Crippen LogP contribution in [-0.2, 0) is 14.3 Å². The van der Waals surface area contributed by atoms with Gasteiger partial charge in [-0.2, -0.15) is 0 Å². The molecule has 0 aliphatic heterocycles. The largest absolute Gasteiger partial charge is 0.465 e. The van der Waals surface area contributed by atoms with Crippen LogP contribution in [0, 0.1) is 5.92 Å². The Labute approximate surface area is 196 Å². The first-order valence-electron chi connectivity index (χ1n) is 10.6. The van der Waals surface area contributed by atoms with Gasteiger partial charge >= 0.3 is 12.0 Å². The first-order chi connectivity index (χ1) is 15.4. The van der Waals surface area contributed by atoms with E-state index < -0.39 is 0 Å². The molecule has 8 nitrogen and oxygen atoms in total. The van der Waals surface area contributed by atoms with Gasteiger partial charge < -0.3 is 10.1 Å². The molecule has 0 unspecified atom stereocenters. The summed E-state index contributed by atoms with van der Waals surface area (Å²) in [4.78, 5) is 42.2. The van der Waals surface area contributed by atoms with E-state index in [-0.39, 0.29) is 23.7 Å². The lowest BCUT2D eigenvalue weighted by Crippen LogP contribution is -2.38. The predicted molar refractivity (Wildman–Crippen MR) is 129 cm³/mol. The summed E-state index contributed by atoms with van der Waals surface area (Å²) in [6.45, 7) is 4.18. The van der Waals surface area contributed by atoms with Crippen LogP contribution in [0.3, 0.4) is 0 Å². The molecule has 1 aromatic carbocycles. The summed E-state index contributed by atoms with van der Waals surface area (Å²) in [6, 6.07) is 7.02. The first kappa shape index (κ1) is 24.1. The number of hydrogen-bond acceptors (Lipinski definition) is 7. The number of rotatable bonds is 9. The molecular weight excluding hydrogens is 448 g/mol. The van der Waals surface area contributed by atoms with Crippen LogP contribution in [0.4, 0.5) is 21.3 Å². The lowest BCUT2D eigenvalue weighted by molar-refractivity contribution is -0.139. The van der Waals surface area contributed by atoms with E-state index in [9.17, 15) is 14.4 Å². The quantitative estimate of drug-likeness (QED) is 0.391. The fourth-order valence-electron chi connectivity index (χ4n) is 3.59. The number of thioether (sulfide) groups is 1. The molecule has 0 bridgehead atoms. The SMILES string of the molecule is CCOC(=O)CSc1cnc(NC(=O)N(CC2CCCC2)c2cccc(NC(C)=O)c2)s1. The fraction of sp³-hybridized carbons (Fsp3) is 0.455. The van der Waals surface area contributed by atoms with Crippen LogP contribution in [0.2, 0.25) is 0 Å². The number of ether oxygens (including phenoxy) is 1. The average molecular weight is 477 g/mol. The highest BCUT2D eigenvalue weighted by Crippen LogP contribution is 2.31. The molecule has 1 aliphatic carbocycles. The Hall–Kier alpha value is -2.59. The summed E-state index contributed by atoms with van der Waals surface area (Å²) < 4.78 is 5.76. The van der Waals surface area contributed by atoms with Gasteiger partial charge in [0, 0.05) is 24.8 Å². The number of nitrogens with one attached hydrogen (secondary N) is 2. The summed E-state index contributed by atoms with van der Waals surface area (Å²) in [7, 11) is 0. The summed E-state index contributed by atoms with van der Waals surface area (Å²) in [5.74, 6) is 0.202. The van der Waals surface area contributed by atoms with E-state index in [4.69, 9.17) is 4.74 Å². The molecule has 1 aromatic heterocycles. The first-order valence-corrected chi connectivity index (χ1v) is 12.4. The second-order valence-corrected chi connectivity index (χ2v) is 9.81. The van der Waals surface area contributed by atoms with Crippen molar-refractivity contribution in [3.8, 4) is 0 Å². The third kappa shape index (κ3) is 7.23. The second-order valence-electron chi connectivity index (χ2n) is 7.50. The van der Waals surface area contributed by atoms with E-state index >= 15 is 0 Å². The minimum Gasteiger partial charge on any atom is -0.465 e. The highest BCUT2D eigenvalue weighted by Gasteiger charge is 2.24. The van der Waals surface area contributed by atoms with Crippen molar-refractivity contribution < 1.29 is 19.1 Å². The zero-order valence-corrected chi connectivity index (χ0v) is 19.9. The van der Waals surface area contributed by atoms with Crippen molar-refractivity contribution in [1.82, 2.24) is 4.98 Å². The Balaban J connectivity index is 1.70. The van der Waals surface area contributed by atoms with Crippen molar-refractivity contribution >= 4 is 57.5 Å². The molecule has 3 rings (SSSR count). The van der Waals surface area contributed by atoms with Gasteiger partial charge in [-0.3, -0.25) is 19.8 Å². The number of carbonyl (C=O) groups is 3. The highest BCUT2D eigenvalue weighted by atomic mass is 32.2. The van der Waals surface area contributed by atoms with Gasteiger partial charge in [0.2, 0.25) is 5.91 Å². The maximum absolute atomic E-state index is 13.2. The van der Waals surface area contributed by atoms with Crippen molar-refractivity contribution in [3.05, 3.63) is 30.5 Å². The van der Waals surface area contributed by atoms with E-state index in [1.807, 2.05) is 12.1 Å². The van der Waals surface area contributed by atoms with E-state index in [0.717, 1.165) is 17.1 Å². The molecule has 0 atom stereocenters. The maximum atomic E-state index is 13.2. The number of nitrogens with zero attached hydrogens (tertiary/aromatic N) is 2. The molecule has 3 amide bonds. The molecular formula is C22H28N4O4S2. The van der Waals surface area contributed by atoms with Gasteiger partial charge in [0.1, 0.15) is 0 Å². The molecule has 0 saturated heterocycles. The lowest BCUT2D eigenvalue weighted by Gasteiger charge is -2.26. The Bertz CT molecular complexity index is 944. The third-order valence-electron chi connectivity index (χ3n) is 4.97. The molecule has 1 aliphatic rings. The minimum absolute atomic E-state index is 0.162. The normalized spacial score (nSPS) is 13.6. The van der Waals surface area contributed by atoms with Crippen LogP contribution in [0.15, 0.2) is 34.7 Å². The molecule has 2 N–H and O–H groups in total. The van der Waals surface area contributed by atoms with Gasteiger partial charge in [-0.25, -0.2) is 9.78 Å². The van der Waals surface area contributed by atoms with Crippen molar-refractivity contribution in [1.29, 1.82) is 0 Å². The van der Waals surface area contributed by atoms with Crippen LogP contribution < -0.4 is 15.5 Å². The zero-order valence-electron chi connectivity index (χ0n) is 18.3. The second kappa shape index (κ2) is 11.9. The molecule has 172 valence electrons. The van der Waals surface area contributed by atoms with Gasteiger partial charge in [-0.15, -0.1) is 11.8 Å². The summed E-state index contributed by atoms with van der Waals surface area (Å²) in [6.07, 6.45) is 6.20. The fourth-order valence-corrected chi connectivity index (χ4v) is 5.25. The van der Waals surface area contributed by atoms with Crippen LogP contribution in [-0.4, -0.2) is 41.8 Å². The number of anilines is 3. The van der Waals surface area contributed by atoms with Crippen LogP contribution in [0.1, 0.15) is 39.5 Å². The Kier molecular flexibility index (Phi) is 8.92. The Morgan fingerprint density at radius 1 is 1.25 bits per heavy atom. The molecule has 1 heterocycles. The van der Waals surface area contributed by atoms with Crippen LogP contribution in [0.5, 0.6) is 0 Å². The van der Waals surface area contributed by atoms with E-state index in [1.54, 1.807) is 30.2 Å². The van der Waals surface area contributed by atoms with E-state index in [2.05, 4.69) is 15.6 Å². The van der Waals surface area contributed by atoms with Crippen molar-refractivity contribution in [2.24, 2.45) is 5.92 Å². The van der Waals surface area contributed by atoms with Crippen molar-refractivity contribution in [2.45, 2.75) is 43.7 Å².